The third-order valence-corrected chi connectivity index (χ3v) is 7.57. The van der Waals surface area contributed by atoms with E-state index in [0.717, 1.165) is 11.3 Å². The van der Waals surface area contributed by atoms with E-state index in [-0.39, 0.29) is 34.2 Å². The molecule has 41 heavy (non-hydrogen) atoms. The number of allylic oxidation sites excluding steroid dienone is 1. The fourth-order valence-corrected chi connectivity index (χ4v) is 5.68. The Labute approximate surface area is 242 Å². The SMILES string of the molecule is COc1ccc(-c2ccc(C=c3sc4n(c3=O)C(c3ccc(Cl)cc3)C(C(=O)OC(C)C)=C(C)N=4)o2)c([N+](=O)[O-])c1. The van der Waals surface area contributed by atoms with E-state index >= 15 is 0 Å². The van der Waals surface area contributed by atoms with Crippen molar-refractivity contribution in [2.75, 3.05) is 7.11 Å². The number of carbonyl (C=O) groups is 1. The highest BCUT2D eigenvalue weighted by Gasteiger charge is 2.33. The van der Waals surface area contributed by atoms with Crippen molar-refractivity contribution >= 4 is 40.7 Å². The average Bonchev–Trinajstić information content (AvgIpc) is 3.51. The van der Waals surface area contributed by atoms with Crippen molar-refractivity contribution in [3.63, 3.8) is 0 Å². The maximum absolute atomic E-state index is 13.8. The van der Waals surface area contributed by atoms with Crippen LogP contribution in [0.15, 0.2) is 80.1 Å². The number of nitro groups is 1. The van der Waals surface area contributed by atoms with Crippen LogP contribution in [-0.2, 0) is 9.53 Å². The predicted octanol–water partition coefficient (Wildman–Crippen LogP) is 5.02. The molecule has 12 heteroatoms. The van der Waals surface area contributed by atoms with Gasteiger partial charge in [-0.25, -0.2) is 9.79 Å². The Hall–Kier alpha value is -4.48. The first kappa shape index (κ1) is 28.1. The molecule has 0 bridgehead atoms. The van der Waals surface area contributed by atoms with E-state index in [0.29, 0.717) is 37.1 Å². The first-order valence-electron chi connectivity index (χ1n) is 12.5. The van der Waals surface area contributed by atoms with Gasteiger partial charge in [0.1, 0.15) is 17.3 Å². The molecule has 0 N–H and O–H groups in total. The number of esters is 1. The van der Waals surface area contributed by atoms with Gasteiger partial charge in [-0.15, -0.1) is 0 Å². The Morgan fingerprint density at radius 1 is 1.20 bits per heavy atom. The van der Waals surface area contributed by atoms with Gasteiger partial charge in [0.05, 0.1) is 51.6 Å². The monoisotopic (exact) mass is 593 g/mol. The molecular formula is C29H24ClN3O7S. The summed E-state index contributed by atoms with van der Waals surface area (Å²) in [7, 11) is 1.43. The van der Waals surface area contributed by atoms with Crippen LogP contribution in [0, 0.1) is 10.1 Å². The number of rotatable bonds is 7. The minimum atomic E-state index is -0.786. The van der Waals surface area contributed by atoms with Gasteiger partial charge in [0.15, 0.2) is 4.80 Å². The van der Waals surface area contributed by atoms with Gasteiger partial charge in [-0.05, 0) is 62.7 Å². The largest absolute Gasteiger partial charge is 0.497 e. The number of nitrogens with zero attached hydrogens (tertiary/aromatic N) is 3. The van der Waals surface area contributed by atoms with Crippen molar-refractivity contribution in [2.45, 2.75) is 32.9 Å². The van der Waals surface area contributed by atoms with Crippen molar-refractivity contribution < 1.29 is 23.6 Å². The molecule has 0 saturated carbocycles. The number of hydrogen-bond acceptors (Lipinski definition) is 9. The molecule has 0 radical (unpaired) electrons. The number of halogens is 1. The van der Waals surface area contributed by atoms with Gasteiger partial charge < -0.3 is 13.9 Å². The fraction of sp³-hybridized carbons (Fsp3) is 0.207. The molecule has 1 aliphatic heterocycles. The van der Waals surface area contributed by atoms with Gasteiger partial charge in [0, 0.05) is 11.1 Å². The molecule has 1 unspecified atom stereocenters. The lowest BCUT2D eigenvalue weighted by atomic mass is 9.96. The van der Waals surface area contributed by atoms with E-state index in [2.05, 4.69) is 4.99 Å². The average molecular weight is 594 g/mol. The number of hydrogen-bond donors (Lipinski definition) is 0. The molecule has 0 saturated heterocycles. The third kappa shape index (κ3) is 5.46. The number of fused-ring (bicyclic) bond motifs is 1. The summed E-state index contributed by atoms with van der Waals surface area (Å²) in [5, 5.41) is 12.2. The Bertz CT molecular complexity index is 1880. The minimum Gasteiger partial charge on any atom is -0.497 e. The second-order valence-corrected chi connectivity index (χ2v) is 10.9. The van der Waals surface area contributed by atoms with Gasteiger partial charge in [-0.1, -0.05) is 35.1 Å². The van der Waals surface area contributed by atoms with Crippen LogP contribution < -0.4 is 19.6 Å². The molecule has 0 amide bonds. The van der Waals surface area contributed by atoms with E-state index in [1.165, 1.54) is 17.7 Å². The molecule has 2 aromatic carbocycles. The molecule has 1 aliphatic rings. The van der Waals surface area contributed by atoms with Gasteiger partial charge in [-0.3, -0.25) is 19.5 Å². The summed E-state index contributed by atoms with van der Waals surface area (Å²) in [4.78, 5) is 43.1. The summed E-state index contributed by atoms with van der Waals surface area (Å²) in [5.74, 6) is 0.350. The standard InChI is InChI=1S/C29H24ClN3O7S/c1-15(2)39-28(35)25-16(3)31-29-32(26(25)17-5-7-18(30)8-6-17)27(34)24(41-29)14-20-10-12-23(40-20)21-11-9-19(38-4)13-22(21)33(36)37/h5-15,26H,1-4H3. The minimum absolute atomic E-state index is 0.177. The van der Waals surface area contributed by atoms with E-state index in [1.807, 2.05) is 0 Å². The van der Waals surface area contributed by atoms with Crippen LogP contribution >= 0.6 is 22.9 Å². The molecule has 1 atom stereocenters. The van der Waals surface area contributed by atoms with E-state index in [4.69, 9.17) is 25.5 Å². The summed E-state index contributed by atoms with van der Waals surface area (Å²) in [6.07, 6.45) is 1.18. The summed E-state index contributed by atoms with van der Waals surface area (Å²) in [6, 6.07) is 13.8. The second-order valence-electron chi connectivity index (χ2n) is 9.43. The molecule has 210 valence electrons. The van der Waals surface area contributed by atoms with Crippen LogP contribution in [0.25, 0.3) is 17.4 Å². The summed E-state index contributed by atoms with van der Waals surface area (Å²) >= 11 is 7.25. The van der Waals surface area contributed by atoms with Crippen molar-refractivity contribution in [3.8, 4) is 17.1 Å². The number of aromatic nitrogens is 1. The molecular weight excluding hydrogens is 570 g/mol. The Morgan fingerprint density at radius 3 is 2.59 bits per heavy atom. The molecule has 3 heterocycles. The van der Waals surface area contributed by atoms with Crippen molar-refractivity contribution in [1.82, 2.24) is 4.57 Å². The second kappa shape index (κ2) is 11.2. The third-order valence-electron chi connectivity index (χ3n) is 6.34. The van der Waals surface area contributed by atoms with Crippen LogP contribution in [0.4, 0.5) is 5.69 Å². The summed E-state index contributed by atoms with van der Waals surface area (Å²) in [6.45, 7) is 5.20. The maximum atomic E-state index is 13.8. The number of ether oxygens (including phenoxy) is 2. The van der Waals surface area contributed by atoms with Crippen molar-refractivity contribution in [2.24, 2.45) is 4.99 Å². The Kier molecular flexibility index (Phi) is 7.65. The highest BCUT2D eigenvalue weighted by Crippen LogP contribution is 2.35. The zero-order chi connectivity index (χ0) is 29.4. The van der Waals surface area contributed by atoms with Crippen LogP contribution in [0.5, 0.6) is 5.75 Å². The number of carbonyl (C=O) groups excluding carboxylic acids is 1. The molecule has 0 fully saturated rings. The lowest BCUT2D eigenvalue weighted by molar-refractivity contribution is -0.384. The zero-order valence-corrected chi connectivity index (χ0v) is 24.0. The van der Waals surface area contributed by atoms with Gasteiger partial charge >= 0.3 is 5.97 Å². The topological polar surface area (TPSA) is 126 Å². The number of methoxy groups -OCH3 is 1. The Balaban J connectivity index is 1.62. The van der Waals surface area contributed by atoms with Crippen molar-refractivity contribution in [3.05, 3.63) is 112 Å². The fourth-order valence-electron chi connectivity index (χ4n) is 4.52. The predicted molar refractivity (Wildman–Crippen MR) is 154 cm³/mol. The molecule has 0 spiro atoms. The number of thiazole rings is 1. The molecule has 2 aromatic heterocycles. The molecule has 4 aromatic rings. The van der Waals surface area contributed by atoms with Crippen LogP contribution in [-0.4, -0.2) is 28.7 Å². The number of furan rings is 1. The normalized spacial score (nSPS) is 15.1. The summed E-state index contributed by atoms with van der Waals surface area (Å²) < 4.78 is 18.3. The quantitative estimate of drug-likeness (QED) is 0.167. The molecule has 10 nitrogen and oxygen atoms in total. The van der Waals surface area contributed by atoms with Crippen LogP contribution in [0.3, 0.4) is 0 Å². The zero-order valence-electron chi connectivity index (χ0n) is 22.4. The first-order chi connectivity index (χ1) is 19.6. The van der Waals surface area contributed by atoms with Gasteiger partial charge in [0.2, 0.25) is 0 Å². The highest BCUT2D eigenvalue weighted by atomic mass is 35.5. The molecule has 0 aliphatic carbocycles. The smallest absolute Gasteiger partial charge is 0.338 e. The maximum Gasteiger partial charge on any atom is 0.338 e. The van der Waals surface area contributed by atoms with Crippen LogP contribution in [0.1, 0.15) is 38.1 Å². The van der Waals surface area contributed by atoms with E-state index in [1.54, 1.807) is 75.4 Å². The number of benzene rings is 2. The van der Waals surface area contributed by atoms with Crippen LogP contribution in [0.2, 0.25) is 5.02 Å². The van der Waals surface area contributed by atoms with Crippen molar-refractivity contribution in [1.29, 1.82) is 0 Å². The highest BCUT2D eigenvalue weighted by molar-refractivity contribution is 7.07. The van der Waals surface area contributed by atoms with E-state index < -0.39 is 16.9 Å². The first-order valence-corrected chi connectivity index (χ1v) is 13.7. The van der Waals surface area contributed by atoms with Gasteiger partial charge in [-0.2, -0.15) is 0 Å². The summed E-state index contributed by atoms with van der Waals surface area (Å²) in [5.41, 5.74) is 1.07. The number of nitro benzene ring substituents is 1. The lowest BCUT2D eigenvalue weighted by Crippen LogP contribution is -2.40. The Morgan fingerprint density at radius 2 is 1.93 bits per heavy atom. The van der Waals surface area contributed by atoms with E-state index in [9.17, 15) is 19.7 Å². The molecule has 5 rings (SSSR count). The lowest BCUT2D eigenvalue weighted by Gasteiger charge is -2.25. The van der Waals surface area contributed by atoms with Gasteiger partial charge in [0.25, 0.3) is 11.2 Å².